The molecule has 0 atom stereocenters. The van der Waals surface area contributed by atoms with Crippen LogP contribution in [-0.2, 0) is 11.2 Å². The highest BCUT2D eigenvalue weighted by molar-refractivity contribution is 5.92. The van der Waals surface area contributed by atoms with Crippen molar-refractivity contribution in [3.63, 3.8) is 0 Å². The highest BCUT2D eigenvalue weighted by Gasteiger charge is 2.50. The summed E-state index contributed by atoms with van der Waals surface area (Å²) in [6.45, 7) is 7.68. The van der Waals surface area contributed by atoms with Crippen molar-refractivity contribution in [1.29, 1.82) is 0 Å². The Bertz CT molecular complexity index is 693. The Morgan fingerprint density at radius 1 is 1.12 bits per heavy atom. The zero-order valence-corrected chi connectivity index (χ0v) is 16.7. The number of anilines is 1. The quantitative estimate of drug-likeness (QED) is 0.592. The fourth-order valence-electron chi connectivity index (χ4n) is 6.40. The van der Waals surface area contributed by atoms with Crippen LogP contribution in [0.15, 0.2) is 12.1 Å². The SMILES string of the molecule is Cc1cc(CC23CC4CC(CC(C4)C2)C3)c(N)cc1C(=O)OC(C)(C)C. The Balaban J connectivity index is 1.57. The Labute approximate surface area is 157 Å². The van der Waals surface area contributed by atoms with E-state index in [-0.39, 0.29) is 5.97 Å². The van der Waals surface area contributed by atoms with Gasteiger partial charge in [0.1, 0.15) is 5.60 Å². The molecular formula is C23H33NO2. The van der Waals surface area contributed by atoms with Crippen molar-refractivity contribution in [2.24, 2.45) is 23.2 Å². The van der Waals surface area contributed by atoms with Gasteiger partial charge in [0.25, 0.3) is 0 Å². The lowest BCUT2D eigenvalue weighted by atomic mass is 9.48. The second kappa shape index (κ2) is 6.00. The minimum atomic E-state index is -0.490. The summed E-state index contributed by atoms with van der Waals surface area (Å²) in [6.07, 6.45) is 9.61. The molecule has 4 bridgehead atoms. The molecule has 0 saturated heterocycles. The van der Waals surface area contributed by atoms with Crippen LogP contribution in [0.1, 0.15) is 80.8 Å². The first-order valence-corrected chi connectivity index (χ1v) is 10.2. The molecule has 1 aromatic carbocycles. The predicted octanol–water partition coefficient (Wildman–Crippen LogP) is 5.29. The van der Waals surface area contributed by atoms with Crippen LogP contribution in [0, 0.1) is 30.1 Å². The van der Waals surface area contributed by atoms with Crippen molar-refractivity contribution in [3.8, 4) is 0 Å². The minimum absolute atomic E-state index is 0.275. The van der Waals surface area contributed by atoms with Crippen molar-refractivity contribution in [2.75, 3.05) is 5.73 Å². The van der Waals surface area contributed by atoms with Gasteiger partial charge in [-0.05, 0) is 113 Å². The maximum absolute atomic E-state index is 12.5. The summed E-state index contributed by atoms with van der Waals surface area (Å²) in [5.41, 5.74) is 9.96. The number of carbonyl (C=O) groups excluding carboxylic acids is 1. The van der Waals surface area contributed by atoms with Crippen LogP contribution < -0.4 is 5.73 Å². The second-order valence-electron chi connectivity index (χ2n) is 10.5. The molecule has 0 aliphatic heterocycles. The molecule has 1 aromatic rings. The molecule has 0 spiro atoms. The van der Waals surface area contributed by atoms with Crippen LogP contribution in [0.5, 0.6) is 0 Å². The topological polar surface area (TPSA) is 52.3 Å². The second-order valence-corrected chi connectivity index (χ2v) is 10.5. The third-order valence-corrected chi connectivity index (χ3v) is 6.84. The first kappa shape index (κ1) is 17.9. The molecule has 142 valence electrons. The van der Waals surface area contributed by atoms with E-state index in [1.165, 1.54) is 44.1 Å². The van der Waals surface area contributed by atoms with E-state index in [0.717, 1.165) is 35.4 Å². The highest BCUT2D eigenvalue weighted by Crippen LogP contribution is 2.61. The zero-order chi connectivity index (χ0) is 18.7. The monoisotopic (exact) mass is 355 g/mol. The van der Waals surface area contributed by atoms with Crippen molar-refractivity contribution in [2.45, 2.75) is 78.2 Å². The largest absolute Gasteiger partial charge is 0.456 e. The zero-order valence-electron chi connectivity index (χ0n) is 16.7. The predicted molar refractivity (Wildman–Crippen MR) is 105 cm³/mol. The summed E-state index contributed by atoms with van der Waals surface area (Å²) in [6, 6.07) is 3.99. The molecule has 0 radical (unpaired) electrons. The van der Waals surface area contributed by atoms with E-state index in [4.69, 9.17) is 10.5 Å². The first-order valence-electron chi connectivity index (χ1n) is 10.2. The molecule has 4 saturated carbocycles. The molecule has 3 nitrogen and oxygen atoms in total. The molecule has 4 fully saturated rings. The summed E-state index contributed by atoms with van der Waals surface area (Å²) in [7, 11) is 0. The molecule has 4 aliphatic rings. The van der Waals surface area contributed by atoms with Gasteiger partial charge in [-0.1, -0.05) is 6.07 Å². The molecule has 4 aliphatic carbocycles. The van der Waals surface area contributed by atoms with Crippen molar-refractivity contribution >= 4 is 11.7 Å². The molecule has 3 heteroatoms. The summed E-state index contributed by atoms with van der Waals surface area (Å²) in [5.74, 6) is 2.57. The Morgan fingerprint density at radius 3 is 2.15 bits per heavy atom. The maximum atomic E-state index is 12.5. The van der Waals surface area contributed by atoms with E-state index in [0.29, 0.717) is 11.0 Å². The number of aryl methyl sites for hydroxylation is 1. The fraction of sp³-hybridized carbons (Fsp3) is 0.696. The van der Waals surface area contributed by atoms with Gasteiger partial charge in [-0.25, -0.2) is 4.79 Å². The molecule has 2 N–H and O–H groups in total. The maximum Gasteiger partial charge on any atom is 0.338 e. The molecular weight excluding hydrogens is 322 g/mol. The third-order valence-electron chi connectivity index (χ3n) is 6.84. The number of hydrogen-bond acceptors (Lipinski definition) is 3. The molecule has 0 amide bonds. The summed E-state index contributed by atoms with van der Waals surface area (Å²) in [4.78, 5) is 12.5. The van der Waals surface area contributed by atoms with Crippen molar-refractivity contribution < 1.29 is 9.53 Å². The van der Waals surface area contributed by atoms with Crippen LogP contribution in [0.4, 0.5) is 5.69 Å². The average Bonchev–Trinajstić information content (AvgIpc) is 2.47. The Hall–Kier alpha value is -1.51. The summed E-state index contributed by atoms with van der Waals surface area (Å²) >= 11 is 0. The van der Waals surface area contributed by atoms with E-state index in [1.54, 1.807) is 0 Å². The molecule has 0 aromatic heterocycles. The number of hydrogen-bond donors (Lipinski definition) is 1. The van der Waals surface area contributed by atoms with Gasteiger partial charge in [0, 0.05) is 5.69 Å². The smallest absolute Gasteiger partial charge is 0.338 e. The molecule has 5 rings (SSSR count). The lowest BCUT2D eigenvalue weighted by Gasteiger charge is -2.57. The van der Waals surface area contributed by atoms with Gasteiger partial charge in [0.15, 0.2) is 0 Å². The van der Waals surface area contributed by atoms with Gasteiger partial charge in [0.2, 0.25) is 0 Å². The molecule has 0 unspecified atom stereocenters. The molecule has 26 heavy (non-hydrogen) atoms. The number of esters is 1. The Kier molecular flexibility index (Phi) is 4.13. The number of rotatable bonds is 3. The number of nitrogens with two attached hydrogens (primary N) is 1. The highest BCUT2D eigenvalue weighted by atomic mass is 16.6. The van der Waals surface area contributed by atoms with Gasteiger partial charge in [-0.2, -0.15) is 0 Å². The van der Waals surface area contributed by atoms with Gasteiger partial charge >= 0.3 is 5.97 Å². The average molecular weight is 356 g/mol. The van der Waals surface area contributed by atoms with Crippen LogP contribution >= 0.6 is 0 Å². The molecule has 0 heterocycles. The lowest BCUT2D eigenvalue weighted by molar-refractivity contribution is -0.0521. The van der Waals surface area contributed by atoms with Gasteiger partial charge in [0.05, 0.1) is 5.56 Å². The minimum Gasteiger partial charge on any atom is -0.456 e. The summed E-state index contributed by atoms with van der Waals surface area (Å²) < 4.78 is 5.54. The van der Waals surface area contributed by atoms with Crippen LogP contribution in [-0.4, -0.2) is 11.6 Å². The van der Waals surface area contributed by atoms with E-state index in [9.17, 15) is 4.79 Å². The van der Waals surface area contributed by atoms with Gasteiger partial charge < -0.3 is 10.5 Å². The van der Waals surface area contributed by atoms with Crippen LogP contribution in [0.3, 0.4) is 0 Å². The van der Waals surface area contributed by atoms with E-state index < -0.39 is 5.60 Å². The van der Waals surface area contributed by atoms with E-state index >= 15 is 0 Å². The third kappa shape index (κ3) is 3.37. The van der Waals surface area contributed by atoms with E-state index in [2.05, 4.69) is 6.07 Å². The van der Waals surface area contributed by atoms with E-state index in [1.807, 2.05) is 33.8 Å². The van der Waals surface area contributed by atoms with Crippen LogP contribution in [0.25, 0.3) is 0 Å². The van der Waals surface area contributed by atoms with Crippen molar-refractivity contribution in [1.82, 2.24) is 0 Å². The van der Waals surface area contributed by atoms with Crippen LogP contribution in [0.2, 0.25) is 0 Å². The standard InChI is InChI=1S/C23H33NO2/c1-14-5-18(20(24)9-19(14)21(25)26-22(2,3)4)13-23-10-15-6-16(11-23)8-17(7-15)12-23/h5,9,15-17H,6-8,10-13,24H2,1-4H3. The number of carbonyl (C=O) groups is 1. The number of nitrogen functional groups attached to an aromatic ring is 1. The number of ether oxygens (including phenoxy) is 1. The van der Waals surface area contributed by atoms with Gasteiger partial charge in [-0.15, -0.1) is 0 Å². The number of benzene rings is 1. The van der Waals surface area contributed by atoms with Crippen molar-refractivity contribution in [3.05, 3.63) is 28.8 Å². The lowest BCUT2D eigenvalue weighted by Crippen LogP contribution is -2.47. The summed E-state index contributed by atoms with van der Waals surface area (Å²) in [5, 5.41) is 0. The first-order chi connectivity index (χ1) is 12.1. The Morgan fingerprint density at radius 2 is 1.65 bits per heavy atom. The normalized spacial score (nSPS) is 32.7. The fourth-order valence-corrected chi connectivity index (χ4v) is 6.40. The van der Waals surface area contributed by atoms with Gasteiger partial charge in [-0.3, -0.25) is 0 Å².